The largest absolute Gasteiger partial charge is 0.469 e. The summed E-state index contributed by atoms with van der Waals surface area (Å²) in [7, 11) is 1.34. The number of hydrogen-bond acceptors (Lipinski definition) is 3. The SMILES string of the molecule is C=CCN(CCC(=O)OC)C(=O)c1ccc(C)c(C)c1. The minimum atomic E-state index is -0.327. The molecule has 0 saturated carbocycles. The highest BCUT2D eigenvalue weighted by Gasteiger charge is 2.16. The highest BCUT2D eigenvalue weighted by Crippen LogP contribution is 2.12. The Balaban J connectivity index is 2.84. The average Bonchev–Trinajstić information content (AvgIpc) is 2.45. The van der Waals surface area contributed by atoms with Crippen molar-refractivity contribution in [3.8, 4) is 0 Å². The summed E-state index contributed by atoms with van der Waals surface area (Å²) in [5, 5.41) is 0. The minimum Gasteiger partial charge on any atom is -0.469 e. The first kappa shape index (κ1) is 16.0. The molecule has 0 radical (unpaired) electrons. The van der Waals surface area contributed by atoms with Crippen LogP contribution in [0.5, 0.6) is 0 Å². The lowest BCUT2D eigenvalue weighted by molar-refractivity contribution is -0.140. The molecule has 0 aliphatic rings. The average molecular weight is 275 g/mol. The molecule has 1 aromatic rings. The first-order valence-electron chi connectivity index (χ1n) is 6.53. The normalized spacial score (nSPS) is 9.95. The molecule has 4 heteroatoms. The molecule has 0 spiro atoms. The third-order valence-corrected chi connectivity index (χ3v) is 3.20. The van der Waals surface area contributed by atoms with E-state index in [9.17, 15) is 9.59 Å². The van der Waals surface area contributed by atoms with Crippen LogP contribution >= 0.6 is 0 Å². The fraction of sp³-hybridized carbons (Fsp3) is 0.375. The zero-order valence-electron chi connectivity index (χ0n) is 12.3. The summed E-state index contributed by atoms with van der Waals surface area (Å²) < 4.78 is 4.60. The van der Waals surface area contributed by atoms with E-state index in [2.05, 4.69) is 11.3 Å². The Morgan fingerprint density at radius 2 is 2.00 bits per heavy atom. The molecule has 0 N–H and O–H groups in total. The summed E-state index contributed by atoms with van der Waals surface area (Å²) in [6.45, 7) is 8.35. The molecule has 20 heavy (non-hydrogen) atoms. The zero-order valence-corrected chi connectivity index (χ0v) is 12.3. The fourth-order valence-electron chi connectivity index (χ4n) is 1.82. The maximum absolute atomic E-state index is 12.4. The fourth-order valence-corrected chi connectivity index (χ4v) is 1.82. The first-order valence-corrected chi connectivity index (χ1v) is 6.53. The topological polar surface area (TPSA) is 46.6 Å². The standard InChI is InChI=1S/C16H21NO3/c1-5-9-17(10-8-15(18)20-4)16(19)14-7-6-12(2)13(3)11-14/h5-7,11H,1,8-10H2,2-4H3. The molecule has 108 valence electrons. The van der Waals surface area contributed by atoms with Crippen molar-refractivity contribution in [2.24, 2.45) is 0 Å². The summed E-state index contributed by atoms with van der Waals surface area (Å²) in [5.74, 6) is -0.427. The molecule has 0 unspecified atom stereocenters. The number of rotatable bonds is 6. The predicted octanol–water partition coefficient (Wildman–Crippen LogP) is 2.49. The van der Waals surface area contributed by atoms with Crippen molar-refractivity contribution in [2.75, 3.05) is 20.2 Å². The summed E-state index contributed by atoms with van der Waals surface area (Å²) in [4.78, 5) is 25.2. The number of esters is 1. The lowest BCUT2D eigenvalue weighted by atomic mass is 10.1. The van der Waals surface area contributed by atoms with Crippen LogP contribution in [0.2, 0.25) is 0 Å². The minimum absolute atomic E-state index is 0.100. The third kappa shape index (κ3) is 4.23. The van der Waals surface area contributed by atoms with Crippen LogP contribution in [0, 0.1) is 13.8 Å². The number of aryl methyl sites for hydroxylation is 2. The van der Waals surface area contributed by atoms with Gasteiger partial charge in [-0.15, -0.1) is 6.58 Å². The van der Waals surface area contributed by atoms with Gasteiger partial charge >= 0.3 is 5.97 Å². The van der Waals surface area contributed by atoms with Gasteiger partial charge in [0.15, 0.2) is 0 Å². The Kier molecular flexibility index (Phi) is 5.97. The van der Waals surface area contributed by atoms with Crippen LogP contribution in [0.15, 0.2) is 30.9 Å². The molecule has 0 fully saturated rings. The van der Waals surface area contributed by atoms with E-state index < -0.39 is 0 Å². The molecule has 1 aromatic carbocycles. The van der Waals surface area contributed by atoms with Gasteiger partial charge in [-0.2, -0.15) is 0 Å². The molecular formula is C16H21NO3. The number of benzene rings is 1. The highest BCUT2D eigenvalue weighted by atomic mass is 16.5. The van der Waals surface area contributed by atoms with Crippen LogP contribution in [0.25, 0.3) is 0 Å². The first-order chi connectivity index (χ1) is 9.49. The van der Waals surface area contributed by atoms with Crippen molar-refractivity contribution >= 4 is 11.9 Å². The Morgan fingerprint density at radius 1 is 1.30 bits per heavy atom. The summed E-state index contributed by atoms with van der Waals surface area (Å²) in [5.41, 5.74) is 2.84. The lowest BCUT2D eigenvalue weighted by Crippen LogP contribution is -2.33. The van der Waals surface area contributed by atoms with E-state index >= 15 is 0 Å². The molecule has 0 aliphatic carbocycles. The van der Waals surface area contributed by atoms with E-state index in [0.29, 0.717) is 18.7 Å². The van der Waals surface area contributed by atoms with Crippen LogP contribution in [0.1, 0.15) is 27.9 Å². The maximum atomic E-state index is 12.4. The number of methoxy groups -OCH3 is 1. The quantitative estimate of drug-likeness (QED) is 0.592. The number of ether oxygens (including phenoxy) is 1. The van der Waals surface area contributed by atoms with Gasteiger partial charge in [0.2, 0.25) is 0 Å². The molecule has 1 rings (SSSR count). The van der Waals surface area contributed by atoms with Gasteiger partial charge in [0.05, 0.1) is 13.5 Å². The Hall–Kier alpha value is -2.10. The molecule has 0 heterocycles. The monoisotopic (exact) mass is 275 g/mol. The second kappa shape index (κ2) is 7.48. The Morgan fingerprint density at radius 3 is 2.55 bits per heavy atom. The number of carbonyl (C=O) groups excluding carboxylic acids is 2. The van der Waals surface area contributed by atoms with Gasteiger partial charge in [-0.25, -0.2) is 0 Å². The van der Waals surface area contributed by atoms with Crippen molar-refractivity contribution < 1.29 is 14.3 Å². The van der Waals surface area contributed by atoms with Gasteiger partial charge in [0.1, 0.15) is 0 Å². The van der Waals surface area contributed by atoms with E-state index in [1.54, 1.807) is 17.0 Å². The molecule has 0 aromatic heterocycles. The molecule has 0 atom stereocenters. The Labute approximate surface area is 120 Å². The van der Waals surface area contributed by atoms with Gasteiger partial charge in [0.25, 0.3) is 5.91 Å². The molecule has 1 amide bonds. The zero-order chi connectivity index (χ0) is 15.1. The molecular weight excluding hydrogens is 254 g/mol. The molecule has 0 aliphatic heterocycles. The number of hydrogen-bond donors (Lipinski definition) is 0. The van der Waals surface area contributed by atoms with Crippen molar-refractivity contribution in [2.45, 2.75) is 20.3 Å². The van der Waals surface area contributed by atoms with Gasteiger partial charge in [-0.05, 0) is 37.1 Å². The van der Waals surface area contributed by atoms with Crippen LogP contribution in [0.3, 0.4) is 0 Å². The maximum Gasteiger partial charge on any atom is 0.307 e. The van der Waals surface area contributed by atoms with E-state index in [1.165, 1.54) is 7.11 Å². The predicted molar refractivity (Wildman–Crippen MR) is 78.6 cm³/mol. The molecule has 0 saturated heterocycles. The third-order valence-electron chi connectivity index (χ3n) is 3.20. The lowest BCUT2D eigenvalue weighted by Gasteiger charge is -2.21. The summed E-state index contributed by atoms with van der Waals surface area (Å²) >= 11 is 0. The second-order valence-corrected chi connectivity index (χ2v) is 4.67. The van der Waals surface area contributed by atoms with E-state index in [4.69, 9.17) is 0 Å². The number of amides is 1. The van der Waals surface area contributed by atoms with Gasteiger partial charge in [0, 0.05) is 18.7 Å². The highest BCUT2D eigenvalue weighted by molar-refractivity contribution is 5.94. The van der Waals surface area contributed by atoms with Gasteiger partial charge in [-0.3, -0.25) is 9.59 Å². The van der Waals surface area contributed by atoms with Crippen molar-refractivity contribution in [1.82, 2.24) is 4.90 Å². The summed E-state index contributed by atoms with van der Waals surface area (Å²) in [6.07, 6.45) is 1.83. The van der Waals surface area contributed by atoms with Crippen molar-refractivity contribution in [3.63, 3.8) is 0 Å². The van der Waals surface area contributed by atoms with Gasteiger partial charge < -0.3 is 9.64 Å². The van der Waals surface area contributed by atoms with Crippen molar-refractivity contribution in [3.05, 3.63) is 47.5 Å². The number of nitrogens with zero attached hydrogens (tertiary/aromatic N) is 1. The second-order valence-electron chi connectivity index (χ2n) is 4.67. The Bertz CT molecular complexity index is 508. The van der Waals surface area contributed by atoms with E-state index in [0.717, 1.165) is 11.1 Å². The number of carbonyl (C=O) groups is 2. The molecule has 4 nitrogen and oxygen atoms in total. The van der Waals surface area contributed by atoms with Gasteiger partial charge in [-0.1, -0.05) is 12.1 Å². The van der Waals surface area contributed by atoms with Crippen LogP contribution in [-0.4, -0.2) is 37.0 Å². The molecule has 0 bridgehead atoms. The smallest absolute Gasteiger partial charge is 0.307 e. The van der Waals surface area contributed by atoms with Crippen LogP contribution < -0.4 is 0 Å². The van der Waals surface area contributed by atoms with E-state index in [-0.39, 0.29) is 18.3 Å². The van der Waals surface area contributed by atoms with Crippen molar-refractivity contribution in [1.29, 1.82) is 0 Å². The van der Waals surface area contributed by atoms with E-state index in [1.807, 2.05) is 26.0 Å². The van der Waals surface area contributed by atoms with Crippen LogP contribution in [-0.2, 0) is 9.53 Å². The van der Waals surface area contributed by atoms with Crippen LogP contribution in [0.4, 0.5) is 0 Å². The summed E-state index contributed by atoms with van der Waals surface area (Å²) in [6, 6.07) is 5.60.